The lowest BCUT2D eigenvalue weighted by molar-refractivity contribution is -0.117. The Hall–Kier alpha value is -3.07. The summed E-state index contributed by atoms with van der Waals surface area (Å²) in [6.45, 7) is 4.40. The number of ether oxygens (including phenoxy) is 1. The number of anilines is 2. The molecule has 3 rings (SSSR count). The van der Waals surface area contributed by atoms with Gasteiger partial charge in [-0.15, -0.1) is 0 Å². The maximum atomic E-state index is 11.5. The third-order valence-corrected chi connectivity index (χ3v) is 4.71. The van der Waals surface area contributed by atoms with Gasteiger partial charge in [0.2, 0.25) is 5.95 Å². The molecule has 0 bridgehead atoms. The summed E-state index contributed by atoms with van der Waals surface area (Å²) in [5.74, 6) is -0.391. The van der Waals surface area contributed by atoms with Crippen LogP contribution in [0.1, 0.15) is 35.9 Å². The molecule has 1 aliphatic rings. The van der Waals surface area contributed by atoms with Crippen LogP contribution in [0.2, 0.25) is 0 Å². The Morgan fingerprint density at radius 2 is 1.97 bits per heavy atom. The minimum atomic E-state index is -1.12. The number of aromatic nitrogens is 3. The molecule has 0 atom stereocenters. The Labute approximate surface area is 168 Å². The number of pyridine rings is 1. The summed E-state index contributed by atoms with van der Waals surface area (Å²) in [7, 11) is 1.72. The smallest absolute Gasteiger partial charge is 0.354 e. The number of carboxylic acid groups (broad SMARTS) is 1. The molecule has 0 aromatic carbocycles. The maximum Gasteiger partial charge on any atom is 0.354 e. The van der Waals surface area contributed by atoms with Gasteiger partial charge in [0.05, 0.1) is 24.6 Å². The van der Waals surface area contributed by atoms with Gasteiger partial charge in [-0.1, -0.05) is 19.1 Å². The van der Waals surface area contributed by atoms with Crippen molar-refractivity contribution in [2.45, 2.75) is 26.2 Å². The van der Waals surface area contributed by atoms with Gasteiger partial charge in [0.1, 0.15) is 16.8 Å². The monoisotopic (exact) mass is 399 g/mol. The zero-order chi connectivity index (χ0) is 20.8. The molecule has 9 nitrogen and oxygen atoms in total. The summed E-state index contributed by atoms with van der Waals surface area (Å²) in [4.78, 5) is 38.7. The average molecular weight is 399 g/mol. The Morgan fingerprint density at radius 1 is 1.21 bits per heavy atom. The lowest BCUT2D eigenvalue weighted by atomic mass is 10.1. The summed E-state index contributed by atoms with van der Waals surface area (Å²) in [5.41, 5.74) is 2.14. The van der Waals surface area contributed by atoms with Crippen LogP contribution in [0.25, 0.3) is 11.0 Å². The second-order valence-corrected chi connectivity index (χ2v) is 6.65. The van der Waals surface area contributed by atoms with Crippen LogP contribution in [0, 0.1) is 0 Å². The number of morpholine rings is 1. The van der Waals surface area contributed by atoms with Crippen molar-refractivity contribution in [1.82, 2.24) is 15.0 Å². The van der Waals surface area contributed by atoms with Crippen molar-refractivity contribution in [1.29, 1.82) is 0 Å². The molecule has 0 unspecified atom stereocenters. The Kier molecular flexibility index (Phi) is 6.71. The number of nitrogens with zero attached hydrogens (tertiary/aromatic N) is 4. The van der Waals surface area contributed by atoms with Crippen LogP contribution >= 0.6 is 0 Å². The van der Waals surface area contributed by atoms with E-state index in [4.69, 9.17) is 4.74 Å². The first-order valence-corrected chi connectivity index (χ1v) is 9.65. The number of Topliss-reactive ketones (excluding diaryl/α,β-unsaturated/α-hetero) is 1. The number of carbonyl (C=O) groups excluding carboxylic acids is 1. The second-order valence-electron chi connectivity index (χ2n) is 6.65. The minimum absolute atomic E-state index is 0.0732. The van der Waals surface area contributed by atoms with Crippen LogP contribution in [0.3, 0.4) is 0 Å². The molecule has 0 spiro atoms. The van der Waals surface area contributed by atoms with Gasteiger partial charge in [-0.3, -0.25) is 4.79 Å². The second kappa shape index (κ2) is 9.42. The number of hydrogen-bond donors (Lipinski definition) is 2. The molecule has 29 heavy (non-hydrogen) atoms. The van der Waals surface area contributed by atoms with Gasteiger partial charge in [-0.05, 0) is 6.07 Å². The zero-order valence-corrected chi connectivity index (χ0v) is 16.6. The SMILES string of the molecule is CCC(=O)C/C=C\Cc1nc(N2CCOCC2)nc2c(NC)cc(C(=O)O)nc12. The average Bonchev–Trinajstić information content (AvgIpc) is 2.75. The highest BCUT2D eigenvalue weighted by Gasteiger charge is 2.20. The summed E-state index contributed by atoms with van der Waals surface area (Å²) in [6.07, 6.45) is 4.97. The summed E-state index contributed by atoms with van der Waals surface area (Å²) >= 11 is 0. The molecule has 2 N–H and O–H groups in total. The number of rotatable bonds is 8. The van der Waals surface area contributed by atoms with Crippen LogP contribution < -0.4 is 10.2 Å². The molecular weight excluding hydrogens is 374 g/mol. The van der Waals surface area contributed by atoms with E-state index in [-0.39, 0.29) is 11.5 Å². The van der Waals surface area contributed by atoms with E-state index in [1.54, 1.807) is 7.05 Å². The maximum absolute atomic E-state index is 11.5. The molecule has 3 heterocycles. The van der Waals surface area contributed by atoms with Crippen molar-refractivity contribution in [2.24, 2.45) is 0 Å². The first kappa shape index (κ1) is 20.7. The largest absolute Gasteiger partial charge is 0.477 e. The number of carbonyl (C=O) groups is 2. The lowest BCUT2D eigenvalue weighted by Crippen LogP contribution is -2.37. The highest BCUT2D eigenvalue weighted by Crippen LogP contribution is 2.26. The van der Waals surface area contributed by atoms with E-state index in [0.717, 1.165) is 0 Å². The van der Waals surface area contributed by atoms with Crippen LogP contribution in [0.5, 0.6) is 0 Å². The quantitative estimate of drug-likeness (QED) is 0.643. The number of fused-ring (bicyclic) bond motifs is 1. The Balaban J connectivity index is 2.06. The fourth-order valence-corrected chi connectivity index (χ4v) is 3.05. The van der Waals surface area contributed by atoms with Crippen molar-refractivity contribution >= 4 is 34.4 Å². The van der Waals surface area contributed by atoms with E-state index in [2.05, 4.69) is 20.3 Å². The predicted octanol–water partition coefficient (Wildman–Crippen LogP) is 2.07. The number of aromatic carboxylic acids is 1. The Morgan fingerprint density at radius 3 is 2.62 bits per heavy atom. The first-order chi connectivity index (χ1) is 14.0. The van der Waals surface area contributed by atoms with E-state index in [0.29, 0.717) is 73.9 Å². The highest BCUT2D eigenvalue weighted by atomic mass is 16.5. The lowest BCUT2D eigenvalue weighted by Gasteiger charge is -2.27. The Bertz CT molecular complexity index is 938. The third kappa shape index (κ3) is 4.86. The van der Waals surface area contributed by atoms with Gasteiger partial charge in [0, 0.05) is 39.4 Å². The van der Waals surface area contributed by atoms with Gasteiger partial charge in [-0.2, -0.15) is 0 Å². The van der Waals surface area contributed by atoms with Crippen molar-refractivity contribution in [3.05, 3.63) is 29.6 Å². The van der Waals surface area contributed by atoms with Gasteiger partial charge < -0.3 is 20.1 Å². The molecule has 2 aromatic heterocycles. The van der Waals surface area contributed by atoms with Crippen molar-refractivity contribution in [3.8, 4) is 0 Å². The molecule has 1 saturated heterocycles. The van der Waals surface area contributed by atoms with E-state index < -0.39 is 5.97 Å². The molecule has 0 radical (unpaired) electrons. The molecule has 2 aromatic rings. The van der Waals surface area contributed by atoms with Crippen molar-refractivity contribution in [2.75, 3.05) is 43.6 Å². The van der Waals surface area contributed by atoms with Gasteiger partial charge in [0.25, 0.3) is 0 Å². The molecule has 0 amide bonds. The third-order valence-electron chi connectivity index (χ3n) is 4.71. The van der Waals surface area contributed by atoms with Gasteiger partial charge >= 0.3 is 5.97 Å². The van der Waals surface area contributed by atoms with Gasteiger partial charge in [-0.25, -0.2) is 19.7 Å². The molecule has 1 aliphatic heterocycles. The molecule has 154 valence electrons. The van der Waals surface area contributed by atoms with E-state index >= 15 is 0 Å². The number of ketones is 1. The van der Waals surface area contributed by atoms with Crippen LogP contribution in [0.4, 0.5) is 11.6 Å². The standard InChI is InChI=1S/C20H25N5O4/c1-3-13(26)6-4-5-7-14-17-18(15(21-2)12-16(22-17)19(27)28)24-20(23-14)25-8-10-29-11-9-25/h4-5,12H,3,6-11H2,1-2H3,(H,21,22)(H,27,28)/b5-4-. The predicted molar refractivity (Wildman–Crippen MR) is 110 cm³/mol. The summed E-state index contributed by atoms with van der Waals surface area (Å²) in [5, 5.41) is 12.4. The normalized spacial score (nSPS) is 14.5. The molecule has 1 fully saturated rings. The first-order valence-electron chi connectivity index (χ1n) is 9.65. The van der Waals surface area contributed by atoms with Crippen LogP contribution in [-0.4, -0.2) is 65.2 Å². The van der Waals surface area contributed by atoms with Crippen molar-refractivity contribution in [3.63, 3.8) is 0 Å². The van der Waals surface area contributed by atoms with Crippen molar-refractivity contribution < 1.29 is 19.4 Å². The fourth-order valence-electron chi connectivity index (χ4n) is 3.05. The number of allylic oxidation sites excluding steroid dienone is 2. The molecule has 0 saturated carbocycles. The summed E-state index contributed by atoms with van der Waals surface area (Å²) < 4.78 is 5.41. The van der Waals surface area contributed by atoms with E-state index in [1.807, 2.05) is 24.0 Å². The van der Waals surface area contributed by atoms with Gasteiger partial charge in [0.15, 0.2) is 5.69 Å². The minimum Gasteiger partial charge on any atom is -0.477 e. The molecular formula is C20H25N5O4. The van der Waals surface area contributed by atoms with Crippen LogP contribution in [0.15, 0.2) is 18.2 Å². The van der Waals surface area contributed by atoms with Crippen LogP contribution in [-0.2, 0) is 16.0 Å². The van der Waals surface area contributed by atoms with E-state index in [1.165, 1.54) is 6.07 Å². The van der Waals surface area contributed by atoms with E-state index in [9.17, 15) is 14.7 Å². The fraction of sp³-hybridized carbons (Fsp3) is 0.450. The molecule has 9 heteroatoms. The number of carboxylic acids is 1. The highest BCUT2D eigenvalue weighted by molar-refractivity contribution is 5.96. The number of nitrogens with one attached hydrogen (secondary N) is 1. The summed E-state index contributed by atoms with van der Waals surface area (Å²) in [6, 6.07) is 1.47. The molecule has 0 aliphatic carbocycles. The topological polar surface area (TPSA) is 118 Å². The number of hydrogen-bond acceptors (Lipinski definition) is 8. The zero-order valence-electron chi connectivity index (χ0n) is 16.6.